The molecule has 2 heterocycles. The van der Waals surface area contributed by atoms with Crippen LogP contribution in [-0.4, -0.2) is 22.5 Å². The highest BCUT2D eigenvalue weighted by Gasteiger charge is 2.24. The average Bonchev–Trinajstić information content (AvgIpc) is 2.85. The van der Waals surface area contributed by atoms with Crippen LogP contribution in [-0.2, 0) is 4.74 Å². The first-order valence-corrected chi connectivity index (χ1v) is 7.35. The van der Waals surface area contributed by atoms with Crippen LogP contribution < -0.4 is 0 Å². The maximum absolute atomic E-state index is 12.0. The fourth-order valence-electron chi connectivity index (χ4n) is 3.02. The summed E-state index contributed by atoms with van der Waals surface area (Å²) in [5, 5.41) is 0.455. The summed E-state index contributed by atoms with van der Waals surface area (Å²) in [4.78, 5) is 16.5. The first kappa shape index (κ1) is 13.4. The summed E-state index contributed by atoms with van der Waals surface area (Å²) in [6, 6.07) is 5.44. The zero-order chi connectivity index (χ0) is 14.1. The summed E-state index contributed by atoms with van der Waals surface area (Å²) < 4.78 is 6.73. The van der Waals surface area contributed by atoms with Gasteiger partial charge >= 0.3 is 5.97 Å². The molecule has 0 atom stereocenters. The Morgan fingerprint density at radius 2 is 2.10 bits per heavy atom. The number of aromatic nitrogens is 2. The molecule has 20 heavy (non-hydrogen) atoms. The largest absolute Gasteiger partial charge is 0.464 e. The summed E-state index contributed by atoms with van der Waals surface area (Å²) in [6.07, 6.45) is 5.89. The maximum atomic E-state index is 12.0. The number of halogens is 1. The molecule has 3 rings (SSSR count). The molecule has 0 amide bonds. The Bertz CT molecular complexity index is 645. The van der Waals surface area contributed by atoms with Gasteiger partial charge in [-0.1, -0.05) is 36.9 Å². The van der Waals surface area contributed by atoms with Crippen LogP contribution in [0.25, 0.3) is 5.52 Å². The molecule has 0 aromatic carbocycles. The number of hydrogen-bond donors (Lipinski definition) is 0. The van der Waals surface area contributed by atoms with Crippen molar-refractivity contribution in [1.29, 1.82) is 0 Å². The van der Waals surface area contributed by atoms with Gasteiger partial charge in [-0.2, -0.15) is 0 Å². The van der Waals surface area contributed by atoms with Crippen molar-refractivity contribution in [3.63, 3.8) is 0 Å². The van der Waals surface area contributed by atoms with E-state index in [9.17, 15) is 4.79 Å². The number of rotatable bonds is 2. The maximum Gasteiger partial charge on any atom is 0.355 e. The Morgan fingerprint density at radius 1 is 1.35 bits per heavy atom. The molecule has 0 spiro atoms. The molecule has 0 N–H and O–H groups in total. The summed E-state index contributed by atoms with van der Waals surface area (Å²) in [7, 11) is 1.39. The van der Waals surface area contributed by atoms with Gasteiger partial charge in [-0.05, 0) is 25.0 Å². The zero-order valence-electron chi connectivity index (χ0n) is 11.4. The number of ether oxygens (including phenoxy) is 1. The summed E-state index contributed by atoms with van der Waals surface area (Å²) in [5.41, 5.74) is 1.26. The molecule has 5 heteroatoms. The summed E-state index contributed by atoms with van der Waals surface area (Å²) >= 11 is 6.23. The molecular formula is C15H17ClN2O2. The predicted octanol–water partition coefficient (Wildman–Crippen LogP) is 3.82. The van der Waals surface area contributed by atoms with E-state index >= 15 is 0 Å². The zero-order valence-corrected chi connectivity index (χ0v) is 12.2. The summed E-state index contributed by atoms with van der Waals surface area (Å²) in [6.45, 7) is 0. The number of hydrogen-bond acceptors (Lipinski definition) is 3. The van der Waals surface area contributed by atoms with E-state index in [0.717, 1.165) is 24.2 Å². The highest BCUT2D eigenvalue weighted by atomic mass is 35.5. The van der Waals surface area contributed by atoms with E-state index < -0.39 is 0 Å². The molecular weight excluding hydrogens is 276 g/mol. The molecule has 0 radical (unpaired) electrons. The van der Waals surface area contributed by atoms with E-state index in [1.165, 1.54) is 26.4 Å². The van der Waals surface area contributed by atoms with Gasteiger partial charge in [0.05, 0.1) is 12.6 Å². The van der Waals surface area contributed by atoms with Gasteiger partial charge in [0.15, 0.2) is 5.15 Å². The van der Waals surface area contributed by atoms with Gasteiger partial charge in [-0.25, -0.2) is 9.78 Å². The highest BCUT2D eigenvalue weighted by Crippen LogP contribution is 2.34. The Balaban J connectivity index is 2.18. The van der Waals surface area contributed by atoms with E-state index in [2.05, 4.69) is 4.98 Å². The van der Waals surface area contributed by atoms with Crippen molar-refractivity contribution in [1.82, 2.24) is 9.38 Å². The molecule has 1 saturated carbocycles. The van der Waals surface area contributed by atoms with Crippen molar-refractivity contribution >= 4 is 23.1 Å². The lowest BCUT2D eigenvalue weighted by atomic mass is 9.88. The molecule has 0 saturated heterocycles. The number of pyridine rings is 1. The standard InChI is InChI=1S/C15H17ClN2O2/c1-20-15(19)12-9-5-8-11-13(16)17-14(18(11)12)10-6-3-2-4-7-10/h5,8-10H,2-4,6-7H2,1H3. The predicted molar refractivity (Wildman–Crippen MR) is 77.4 cm³/mol. The van der Waals surface area contributed by atoms with E-state index in [4.69, 9.17) is 16.3 Å². The number of carbonyl (C=O) groups is 1. The molecule has 1 aliphatic rings. The van der Waals surface area contributed by atoms with E-state index in [-0.39, 0.29) is 5.97 Å². The third-order valence-electron chi connectivity index (χ3n) is 4.01. The quantitative estimate of drug-likeness (QED) is 0.790. The topological polar surface area (TPSA) is 43.6 Å². The molecule has 1 fully saturated rings. The van der Waals surface area contributed by atoms with Crippen molar-refractivity contribution in [2.45, 2.75) is 38.0 Å². The van der Waals surface area contributed by atoms with Crippen LogP contribution in [0, 0.1) is 0 Å². The van der Waals surface area contributed by atoms with Crippen molar-refractivity contribution in [3.8, 4) is 0 Å². The van der Waals surface area contributed by atoms with Crippen LogP contribution in [0.2, 0.25) is 5.15 Å². The molecule has 106 valence electrons. The Hall–Kier alpha value is -1.55. The number of esters is 1. The van der Waals surface area contributed by atoms with Gasteiger partial charge < -0.3 is 4.74 Å². The Morgan fingerprint density at radius 3 is 2.80 bits per heavy atom. The summed E-state index contributed by atoms with van der Waals surface area (Å²) in [5.74, 6) is 0.905. The van der Waals surface area contributed by atoms with Crippen LogP contribution >= 0.6 is 11.6 Å². The van der Waals surface area contributed by atoms with Crippen molar-refractivity contribution in [2.75, 3.05) is 7.11 Å². The number of nitrogens with zero attached hydrogens (tertiary/aromatic N) is 2. The normalized spacial score (nSPS) is 16.5. The van der Waals surface area contributed by atoms with Gasteiger partial charge in [0.1, 0.15) is 11.5 Å². The smallest absolute Gasteiger partial charge is 0.355 e. The van der Waals surface area contributed by atoms with E-state index in [0.29, 0.717) is 16.8 Å². The second-order valence-corrected chi connectivity index (χ2v) is 5.58. The first-order chi connectivity index (χ1) is 9.72. The van der Waals surface area contributed by atoms with Crippen LogP contribution in [0.5, 0.6) is 0 Å². The fraction of sp³-hybridized carbons (Fsp3) is 0.467. The van der Waals surface area contributed by atoms with E-state index in [1.54, 1.807) is 12.1 Å². The molecule has 2 aromatic rings. The van der Waals surface area contributed by atoms with Gasteiger partial charge in [-0.3, -0.25) is 4.40 Å². The average molecular weight is 293 g/mol. The Labute approximate surface area is 122 Å². The second-order valence-electron chi connectivity index (χ2n) is 5.22. The third kappa shape index (κ3) is 2.18. The molecule has 1 aliphatic carbocycles. The van der Waals surface area contributed by atoms with Crippen molar-refractivity contribution in [2.24, 2.45) is 0 Å². The van der Waals surface area contributed by atoms with Crippen molar-refractivity contribution in [3.05, 3.63) is 34.9 Å². The molecule has 2 aromatic heterocycles. The molecule has 4 nitrogen and oxygen atoms in total. The lowest BCUT2D eigenvalue weighted by Gasteiger charge is -2.21. The molecule has 0 bridgehead atoms. The monoisotopic (exact) mass is 292 g/mol. The van der Waals surface area contributed by atoms with Gasteiger partial charge in [0.2, 0.25) is 0 Å². The minimum absolute atomic E-state index is 0.360. The van der Waals surface area contributed by atoms with Crippen LogP contribution in [0.3, 0.4) is 0 Å². The van der Waals surface area contributed by atoms with Crippen LogP contribution in [0.4, 0.5) is 0 Å². The van der Waals surface area contributed by atoms with Gasteiger partial charge in [0, 0.05) is 5.92 Å². The SMILES string of the molecule is COC(=O)c1cccc2c(Cl)nc(C3CCCCC3)n12. The highest BCUT2D eigenvalue weighted by molar-refractivity contribution is 6.32. The second kappa shape index (κ2) is 5.44. The first-order valence-electron chi connectivity index (χ1n) is 6.97. The van der Waals surface area contributed by atoms with Gasteiger partial charge in [0.25, 0.3) is 0 Å². The van der Waals surface area contributed by atoms with Crippen molar-refractivity contribution < 1.29 is 9.53 Å². The Kier molecular flexibility index (Phi) is 3.66. The van der Waals surface area contributed by atoms with Crippen LogP contribution in [0.15, 0.2) is 18.2 Å². The molecule has 0 unspecified atom stereocenters. The van der Waals surface area contributed by atoms with Gasteiger partial charge in [-0.15, -0.1) is 0 Å². The fourth-order valence-corrected chi connectivity index (χ4v) is 3.26. The number of fused-ring (bicyclic) bond motifs is 1. The lowest BCUT2D eigenvalue weighted by Crippen LogP contribution is -2.14. The number of imidazole rings is 1. The van der Waals surface area contributed by atoms with E-state index in [1.807, 2.05) is 10.5 Å². The number of methoxy groups -OCH3 is 1. The minimum Gasteiger partial charge on any atom is -0.464 e. The van der Waals surface area contributed by atoms with Crippen LogP contribution in [0.1, 0.15) is 54.3 Å². The lowest BCUT2D eigenvalue weighted by molar-refractivity contribution is 0.0591. The molecule has 0 aliphatic heterocycles. The third-order valence-corrected chi connectivity index (χ3v) is 4.29. The number of carbonyl (C=O) groups excluding carboxylic acids is 1. The minimum atomic E-state index is -0.360.